The van der Waals surface area contributed by atoms with Gasteiger partial charge < -0.3 is 0 Å². The largest absolute Gasteiger partial charge is 0.318 e. The van der Waals surface area contributed by atoms with Crippen molar-refractivity contribution in [3.63, 3.8) is 0 Å². The summed E-state index contributed by atoms with van der Waals surface area (Å²) in [5.74, 6) is -1.55. The third-order valence-electron chi connectivity index (χ3n) is 1.33. The number of imide groups is 1. The molecule has 0 saturated carbocycles. The Morgan fingerprint density at radius 2 is 1.67 bits per heavy atom. The molecule has 6 nitrogen and oxygen atoms in total. The number of halogens is 2. The summed E-state index contributed by atoms with van der Waals surface area (Å²) in [5, 5.41) is 0.0783. The minimum atomic E-state index is -4.45. The molecule has 0 unspecified atom stereocenters. The molecule has 1 rings (SSSR count). The SMILES string of the molecule is CF.O=C1CCC(=O)N1OS(=O)(=O)CF. The minimum absolute atomic E-state index is 0.0783. The number of hydrogen-bond acceptors (Lipinski definition) is 5. The number of carbonyl (C=O) groups is 2. The van der Waals surface area contributed by atoms with Crippen molar-refractivity contribution in [2.24, 2.45) is 0 Å². The van der Waals surface area contributed by atoms with Gasteiger partial charge in [0.2, 0.25) is 6.01 Å². The molecule has 0 aromatic carbocycles. The summed E-state index contributed by atoms with van der Waals surface area (Å²) in [6.45, 7) is 0. The second kappa shape index (κ2) is 5.71. The van der Waals surface area contributed by atoms with Gasteiger partial charge in [-0.3, -0.25) is 14.0 Å². The number of rotatable bonds is 3. The molecule has 0 radical (unpaired) electrons. The number of alkyl halides is 2. The van der Waals surface area contributed by atoms with Crippen molar-refractivity contribution in [2.45, 2.75) is 12.8 Å². The van der Waals surface area contributed by atoms with Crippen LogP contribution in [0.2, 0.25) is 0 Å². The van der Waals surface area contributed by atoms with E-state index in [9.17, 15) is 26.8 Å². The molecule has 1 fully saturated rings. The Bertz CT molecular complexity index is 325. The molecule has 0 spiro atoms. The van der Waals surface area contributed by atoms with E-state index in [1.807, 2.05) is 0 Å². The minimum Gasteiger partial charge on any atom is -0.272 e. The summed E-state index contributed by atoms with van der Waals surface area (Å²) in [6.07, 6.45) is -0.221. The fourth-order valence-corrected chi connectivity index (χ4v) is 1.21. The first-order valence-corrected chi connectivity index (χ1v) is 5.26. The van der Waals surface area contributed by atoms with Crippen LogP contribution in [0.15, 0.2) is 0 Å². The molecule has 1 heterocycles. The number of nitrogens with zero attached hydrogens (tertiary/aromatic N) is 1. The average Bonchev–Trinajstić information content (AvgIpc) is 2.52. The van der Waals surface area contributed by atoms with Crippen LogP contribution >= 0.6 is 0 Å². The lowest BCUT2D eigenvalue weighted by Crippen LogP contribution is -2.32. The van der Waals surface area contributed by atoms with E-state index < -0.39 is 27.9 Å². The highest BCUT2D eigenvalue weighted by atomic mass is 32.2. The normalized spacial score (nSPS) is 16.3. The molecule has 0 aliphatic carbocycles. The lowest BCUT2D eigenvalue weighted by atomic mass is 10.4. The first-order valence-electron chi connectivity index (χ1n) is 3.68. The van der Waals surface area contributed by atoms with Crippen LogP contribution in [0.4, 0.5) is 8.78 Å². The van der Waals surface area contributed by atoms with Gasteiger partial charge in [0.15, 0.2) is 0 Å². The highest BCUT2D eigenvalue weighted by Crippen LogP contribution is 2.14. The Balaban J connectivity index is 0.000000921. The second-order valence-electron chi connectivity index (χ2n) is 2.32. The first-order chi connectivity index (χ1) is 6.96. The highest BCUT2D eigenvalue weighted by Gasteiger charge is 2.34. The van der Waals surface area contributed by atoms with Crippen molar-refractivity contribution in [3.8, 4) is 0 Å². The summed E-state index contributed by atoms with van der Waals surface area (Å²) in [6, 6.07) is -1.77. The molecular weight excluding hydrogens is 236 g/mol. The topological polar surface area (TPSA) is 80.8 Å². The highest BCUT2D eigenvalue weighted by molar-refractivity contribution is 7.86. The number of carbonyl (C=O) groups excluding carboxylic acids is 2. The molecule has 2 amide bonds. The van der Waals surface area contributed by atoms with Crippen LogP contribution in [0.3, 0.4) is 0 Å². The van der Waals surface area contributed by atoms with Crippen molar-refractivity contribution >= 4 is 21.9 Å². The Hall–Kier alpha value is -1.09. The molecular formula is C6H9F2NO5S. The van der Waals surface area contributed by atoms with Gasteiger partial charge in [0.25, 0.3) is 11.8 Å². The van der Waals surface area contributed by atoms with Gasteiger partial charge >= 0.3 is 10.1 Å². The van der Waals surface area contributed by atoms with E-state index in [0.29, 0.717) is 7.18 Å². The lowest BCUT2D eigenvalue weighted by molar-refractivity contribution is -0.163. The molecule has 88 valence electrons. The smallest absolute Gasteiger partial charge is 0.272 e. The van der Waals surface area contributed by atoms with E-state index in [1.54, 1.807) is 0 Å². The van der Waals surface area contributed by atoms with Gasteiger partial charge in [-0.05, 0) is 0 Å². The zero-order valence-corrected chi connectivity index (χ0v) is 8.59. The fraction of sp³-hybridized carbons (Fsp3) is 0.667. The molecule has 1 saturated heterocycles. The van der Waals surface area contributed by atoms with Gasteiger partial charge in [-0.1, -0.05) is 0 Å². The Morgan fingerprint density at radius 3 is 2.00 bits per heavy atom. The third kappa shape index (κ3) is 3.88. The molecule has 0 N–H and O–H groups in total. The van der Waals surface area contributed by atoms with Crippen LogP contribution in [-0.4, -0.2) is 38.5 Å². The van der Waals surface area contributed by atoms with Gasteiger partial charge in [-0.2, -0.15) is 8.42 Å². The maximum Gasteiger partial charge on any atom is 0.318 e. The van der Waals surface area contributed by atoms with Crippen LogP contribution in [0, 0.1) is 0 Å². The molecule has 0 aromatic heterocycles. The molecule has 1 aliphatic heterocycles. The number of hydroxylamine groups is 2. The Labute approximate surface area is 84.9 Å². The average molecular weight is 245 g/mol. The van der Waals surface area contributed by atoms with Crippen LogP contribution in [0.25, 0.3) is 0 Å². The molecule has 0 atom stereocenters. The number of hydrogen-bond donors (Lipinski definition) is 0. The van der Waals surface area contributed by atoms with Gasteiger partial charge in [-0.15, -0.1) is 9.35 Å². The Morgan fingerprint density at radius 1 is 1.27 bits per heavy atom. The summed E-state index contributed by atoms with van der Waals surface area (Å²) >= 11 is 0. The molecule has 1 aliphatic rings. The lowest BCUT2D eigenvalue weighted by Gasteiger charge is -2.10. The van der Waals surface area contributed by atoms with Crippen molar-refractivity contribution in [2.75, 3.05) is 13.2 Å². The van der Waals surface area contributed by atoms with Crippen molar-refractivity contribution in [1.82, 2.24) is 5.06 Å². The summed E-state index contributed by atoms with van der Waals surface area (Å²) < 4.78 is 46.1. The molecule has 15 heavy (non-hydrogen) atoms. The van der Waals surface area contributed by atoms with E-state index in [0.717, 1.165) is 0 Å². The summed E-state index contributed by atoms with van der Waals surface area (Å²) in [4.78, 5) is 21.5. The molecule has 9 heteroatoms. The van der Waals surface area contributed by atoms with Gasteiger partial charge in [0.1, 0.15) is 0 Å². The predicted molar refractivity (Wildman–Crippen MR) is 44.1 cm³/mol. The molecule has 0 aromatic rings. The van der Waals surface area contributed by atoms with Crippen LogP contribution in [-0.2, 0) is 24.0 Å². The van der Waals surface area contributed by atoms with E-state index in [2.05, 4.69) is 4.28 Å². The molecule has 0 bridgehead atoms. The standard InChI is InChI=1S/C5H6FNO5S.CH3F/c6-3-13(10,11)12-7-4(8)1-2-5(7)9;1-2/h1-3H2;1H3. The maximum atomic E-state index is 11.7. The zero-order valence-electron chi connectivity index (χ0n) is 7.77. The quantitative estimate of drug-likeness (QED) is 0.649. The van der Waals surface area contributed by atoms with Crippen LogP contribution in [0.5, 0.6) is 0 Å². The van der Waals surface area contributed by atoms with Crippen molar-refractivity contribution in [3.05, 3.63) is 0 Å². The van der Waals surface area contributed by atoms with Crippen molar-refractivity contribution < 1.29 is 31.1 Å². The Kier molecular flexibility index (Phi) is 5.29. The van der Waals surface area contributed by atoms with E-state index in [4.69, 9.17) is 0 Å². The zero-order chi connectivity index (χ0) is 12.1. The van der Waals surface area contributed by atoms with E-state index in [-0.39, 0.29) is 17.9 Å². The maximum absolute atomic E-state index is 11.7. The van der Waals surface area contributed by atoms with Gasteiger partial charge in [0.05, 0.1) is 7.18 Å². The predicted octanol–water partition coefficient (Wildman–Crippen LogP) is -0.0905. The van der Waals surface area contributed by atoms with Crippen molar-refractivity contribution in [1.29, 1.82) is 0 Å². The fourth-order valence-electron chi connectivity index (χ4n) is 0.773. The summed E-state index contributed by atoms with van der Waals surface area (Å²) in [7, 11) is -3.95. The first kappa shape index (κ1) is 13.9. The second-order valence-corrected chi connectivity index (χ2v) is 3.81. The van der Waals surface area contributed by atoms with Crippen LogP contribution in [0.1, 0.15) is 12.8 Å². The number of amides is 2. The van der Waals surface area contributed by atoms with E-state index in [1.165, 1.54) is 0 Å². The van der Waals surface area contributed by atoms with Gasteiger partial charge in [0, 0.05) is 12.8 Å². The van der Waals surface area contributed by atoms with Crippen LogP contribution < -0.4 is 0 Å². The van der Waals surface area contributed by atoms with Gasteiger partial charge in [-0.25, -0.2) is 4.39 Å². The van der Waals surface area contributed by atoms with E-state index >= 15 is 0 Å². The third-order valence-corrected chi connectivity index (χ3v) is 1.97. The summed E-state index contributed by atoms with van der Waals surface area (Å²) in [5.41, 5.74) is 0. The monoisotopic (exact) mass is 245 g/mol.